The fraction of sp³-hybridized carbons (Fsp3) is 1.00. The smallest absolute Gasteiger partial charge is 0.0817 e. The van der Waals surface area contributed by atoms with Gasteiger partial charge in [0.2, 0.25) is 0 Å². The summed E-state index contributed by atoms with van der Waals surface area (Å²) in [4.78, 5) is 0. The third kappa shape index (κ3) is 9.61. The Morgan fingerprint density at radius 3 is 1.62 bits per heavy atom. The van der Waals surface area contributed by atoms with Crippen LogP contribution in [0.4, 0.5) is 0 Å². The molecule has 52 valence electrons. The molecule has 0 spiro atoms. The van der Waals surface area contributed by atoms with Crippen LogP contribution in [0.25, 0.3) is 0 Å². The van der Waals surface area contributed by atoms with E-state index in [0.717, 1.165) is 6.16 Å². The Labute approximate surface area is 51.6 Å². The highest BCUT2D eigenvalue weighted by atomic mass is 31.2. The standard InChI is InChI=1S/C5H14OP.H2O/c1-7(2,3)5-4-6;/h6H,4-5H2,1-3H3;1H2/q+1;/p-1. The molecule has 0 aromatic carbocycles. The molecular weight excluding hydrogens is 123 g/mol. The van der Waals surface area contributed by atoms with E-state index in [0.29, 0.717) is 6.61 Å². The molecule has 3 heteroatoms. The van der Waals surface area contributed by atoms with Crippen LogP contribution in [0.2, 0.25) is 0 Å². The van der Waals surface area contributed by atoms with E-state index in [9.17, 15) is 0 Å². The largest absolute Gasteiger partial charge is 0.870 e. The van der Waals surface area contributed by atoms with E-state index in [-0.39, 0.29) is 5.48 Å². The highest BCUT2D eigenvalue weighted by Gasteiger charge is 2.14. The van der Waals surface area contributed by atoms with Gasteiger partial charge in [-0.05, 0) is 0 Å². The first-order valence-electron chi connectivity index (χ1n) is 2.47. The molecule has 0 bridgehead atoms. The lowest BCUT2D eigenvalue weighted by atomic mass is 10.9. The predicted molar refractivity (Wildman–Crippen MR) is 38.6 cm³/mol. The van der Waals surface area contributed by atoms with Gasteiger partial charge in [0, 0.05) is 27.3 Å². The summed E-state index contributed by atoms with van der Waals surface area (Å²) in [6, 6.07) is 0. The number of rotatable bonds is 2. The van der Waals surface area contributed by atoms with Crippen LogP contribution in [0, 0.1) is 0 Å². The van der Waals surface area contributed by atoms with Crippen molar-refractivity contribution in [1.82, 2.24) is 0 Å². The fourth-order valence-electron chi connectivity index (χ4n) is 0.300. The maximum atomic E-state index is 8.43. The molecule has 8 heavy (non-hydrogen) atoms. The van der Waals surface area contributed by atoms with Crippen molar-refractivity contribution in [3.8, 4) is 0 Å². The Balaban J connectivity index is 0. The number of aliphatic hydroxyl groups excluding tert-OH is 1. The van der Waals surface area contributed by atoms with Gasteiger partial charge < -0.3 is 10.6 Å². The minimum atomic E-state index is -0.666. The van der Waals surface area contributed by atoms with Gasteiger partial charge in [-0.15, -0.1) is 0 Å². The molecule has 0 amide bonds. The highest BCUT2D eigenvalue weighted by molar-refractivity contribution is 7.73. The molecule has 0 rings (SSSR count). The van der Waals surface area contributed by atoms with Crippen molar-refractivity contribution in [1.29, 1.82) is 0 Å². The molecular formula is C5H15O2P. The summed E-state index contributed by atoms with van der Waals surface area (Å²) in [6.07, 6.45) is 1.01. The van der Waals surface area contributed by atoms with E-state index >= 15 is 0 Å². The first-order chi connectivity index (χ1) is 3.06. The van der Waals surface area contributed by atoms with E-state index in [4.69, 9.17) is 5.11 Å². The summed E-state index contributed by atoms with van der Waals surface area (Å²) in [5.74, 6) is 0. The lowest BCUT2D eigenvalue weighted by Crippen LogP contribution is -1.96. The van der Waals surface area contributed by atoms with E-state index < -0.39 is 7.26 Å². The molecule has 0 aliphatic rings. The first-order valence-corrected chi connectivity index (χ1v) is 5.79. The molecule has 0 fully saturated rings. The summed E-state index contributed by atoms with van der Waals surface area (Å²) in [5, 5.41) is 8.43. The molecule has 0 unspecified atom stereocenters. The molecule has 0 heterocycles. The van der Waals surface area contributed by atoms with Gasteiger partial charge in [0.1, 0.15) is 0 Å². The zero-order chi connectivity index (χ0) is 5.91. The molecule has 0 aliphatic heterocycles. The summed E-state index contributed by atoms with van der Waals surface area (Å²) in [5.41, 5.74) is 0. The zero-order valence-electron chi connectivity index (χ0n) is 5.76. The predicted octanol–water partition coefficient (Wildman–Crippen LogP) is 0.709. The molecule has 0 aromatic heterocycles. The molecule has 0 saturated heterocycles. The second-order valence-electron chi connectivity index (χ2n) is 2.74. The number of hydrogen-bond donors (Lipinski definition) is 1. The second-order valence-corrected chi connectivity index (χ2v) is 7.77. The highest BCUT2D eigenvalue weighted by Crippen LogP contribution is 2.45. The van der Waals surface area contributed by atoms with Crippen molar-refractivity contribution in [2.45, 2.75) is 0 Å². The Hall–Kier alpha value is 0.350. The minimum Gasteiger partial charge on any atom is -0.870 e. The van der Waals surface area contributed by atoms with Gasteiger partial charge >= 0.3 is 0 Å². The third-order valence-corrected chi connectivity index (χ3v) is 2.31. The Morgan fingerprint density at radius 2 is 1.62 bits per heavy atom. The maximum Gasteiger partial charge on any atom is 0.0817 e. The van der Waals surface area contributed by atoms with Crippen LogP contribution < -0.4 is 0 Å². The molecule has 0 radical (unpaired) electrons. The van der Waals surface area contributed by atoms with Crippen molar-refractivity contribution in [2.24, 2.45) is 0 Å². The Bertz CT molecular complexity index is 48.9. The van der Waals surface area contributed by atoms with Crippen LogP contribution in [0.15, 0.2) is 0 Å². The monoisotopic (exact) mass is 138 g/mol. The summed E-state index contributed by atoms with van der Waals surface area (Å²) in [7, 11) is -0.666. The van der Waals surface area contributed by atoms with Crippen LogP contribution in [0.1, 0.15) is 0 Å². The zero-order valence-corrected chi connectivity index (χ0v) is 6.65. The number of hydrogen-bond acceptors (Lipinski definition) is 2. The first kappa shape index (κ1) is 11.2. The van der Waals surface area contributed by atoms with Crippen LogP contribution in [-0.2, 0) is 0 Å². The summed E-state index contributed by atoms with van der Waals surface area (Å²) >= 11 is 0. The van der Waals surface area contributed by atoms with Gasteiger partial charge in [-0.3, -0.25) is 0 Å². The average Bonchev–Trinajstić information content (AvgIpc) is 1.30. The van der Waals surface area contributed by atoms with Crippen LogP contribution in [0.3, 0.4) is 0 Å². The normalized spacial score (nSPS) is 10.5. The van der Waals surface area contributed by atoms with Crippen molar-refractivity contribution >= 4 is 7.26 Å². The van der Waals surface area contributed by atoms with Gasteiger partial charge in [-0.1, -0.05) is 0 Å². The summed E-state index contributed by atoms with van der Waals surface area (Å²) < 4.78 is 0. The summed E-state index contributed by atoms with van der Waals surface area (Å²) in [6.45, 7) is 7.03. The van der Waals surface area contributed by atoms with Crippen LogP contribution in [0.5, 0.6) is 0 Å². The van der Waals surface area contributed by atoms with Crippen molar-refractivity contribution in [3.05, 3.63) is 0 Å². The molecule has 0 aliphatic carbocycles. The van der Waals surface area contributed by atoms with Gasteiger partial charge in [-0.25, -0.2) is 0 Å². The molecule has 2 N–H and O–H groups in total. The van der Waals surface area contributed by atoms with E-state index in [1.165, 1.54) is 0 Å². The Morgan fingerprint density at radius 1 is 1.25 bits per heavy atom. The minimum absolute atomic E-state index is 0. The average molecular weight is 138 g/mol. The lowest BCUT2D eigenvalue weighted by Gasteiger charge is -2.07. The molecule has 0 aromatic rings. The van der Waals surface area contributed by atoms with E-state index in [2.05, 4.69) is 20.0 Å². The molecule has 2 nitrogen and oxygen atoms in total. The topological polar surface area (TPSA) is 50.2 Å². The van der Waals surface area contributed by atoms with Crippen LogP contribution >= 0.6 is 7.26 Å². The fourth-order valence-corrected chi connectivity index (χ4v) is 0.900. The quantitative estimate of drug-likeness (QED) is 0.571. The van der Waals surface area contributed by atoms with Crippen molar-refractivity contribution in [3.63, 3.8) is 0 Å². The van der Waals surface area contributed by atoms with Crippen LogP contribution in [-0.4, -0.2) is 43.3 Å². The van der Waals surface area contributed by atoms with Crippen molar-refractivity contribution < 1.29 is 10.6 Å². The lowest BCUT2D eigenvalue weighted by molar-refractivity contribution is 0.321. The second kappa shape index (κ2) is 4.25. The molecule has 0 atom stereocenters. The third-order valence-electron chi connectivity index (χ3n) is 0.771. The SMILES string of the molecule is C[P+](C)(C)CCO.[OH-]. The molecule has 0 saturated carbocycles. The van der Waals surface area contributed by atoms with E-state index in [1.807, 2.05) is 0 Å². The van der Waals surface area contributed by atoms with Crippen molar-refractivity contribution in [2.75, 3.05) is 32.8 Å². The van der Waals surface area contributed by atoms with E-state index in [1.54, 1.807) is 0 Å². The number of aliphatic hydroxyl groups is 1. The van der Waals surface area contributed by atoms with Gasteiger partial charge in [0.15, 0.2) is 0 Å². The van der Waals surface area contributed by atoms with Gasteiger partial charge in [0.05, 0.1) is 12.8 Å². The van der Waals surface area contributed by atoms with Gasteiger partial charge in [0.25, 0.3) is 0 Å². The maximum absolute atomic E-state index is 8.43. The Kier molecular flexibility index (Phi) is 5.94. The van der Waals surface area contributed by atoms with Gasteiger partial charge in [-0.2, -0.15) is 0 Å².